The zero-order valence-corrected chi connectivity index (χ0v) is 13.1. The van der Waals surface area contributed by atoms with E-state index in [-0.39, 0.29) is 6.09 Å². The minimum Gasteiger partial charge on any atom is -0.444 e. The Morgan fingerprint density at radius 2 is 2.33 bits per heavy atom. The molecule has 1 unspecified atom stereocenters. The molecular formula is C16H25N3O2. The number of likely N-dealkylation sites (tertiary alicyclic amines) is 1. The molecular weight excluding hydrogens is 266 g/mol. The minimum atomic E-state index is -0.428. The van der Waals surface area contributed by atoms with Crippen molar-refractivity contribution in [3.63, 3.8) is 0 Å². The summed E-state index contributed by atoms with van der Waals surface area (Å²) in [6.07, 6.45) is 5.40. The molecule has 2 rings (SSSR count). The van der Waals surface area contributed by atoms with Gasteiger partial charge < -0.3 is 15.0 Å². The average molecular weight is 291 g/mol. The standard InChI is InChI=1S/C16H25N3O2/c1-16(2,3)21-15(20)19-10-7-14(12-19)18-9-6-13-5-4-8-17-11-13/h4-5,8,11,14,18H,6-7,9-10,12H2,1-3H3. The van der Waals surface area contributed by atoms with Crippen molar-refractivity contribution in [2.45, 2.75) is 45.3 Å². The van der Waals surface area contributed by atoms with Crippen LogP contribution in [0.15, 0.2) is 24.5 Å². The lowest BCUT2D eigenvalue weighted by molar-refractivity contribution is 0.0291. The summed E-state index contributed by atoms with van der Waals surface area (Å²) in [6.45, 7) is 8.07. The number of nitrogens with zero attached hydrogens (tertiary/aromatic N) is 2. The molecule has 5 heteroatoms. The lowest BCUT2D eigenvalue weighted by Crippen LogP contribution is -2.38. The van der Waals surface area contributed by atoms with Crippen molar-refractivity contribution in [1.29, 1.82) is 0 Å². The van der Waals surface area contributed by atoms with Crippen molar-refractivity contribution < 1.29 is 9.53 Å². The first-order chi connectivity index (χ1) is 9.94. The molecule has 0 aromatic carbocycles. The smallest absolute Gasteiger partial charge is 0.410 e. The van der Waals surface area contributed by atoms with Gasteiger partial charge in [-0.2, -0.15) is 0 Å². The van der Waals surface area contributed by atoms with E-state index < -0.39 is 5.60 Å². The molecule has 2 heterocycles. The van der Waals surface area contributed by atoms with Gasteiger partial charge in [0.25, 0.3) is 0 Å². The lowest BCUT2D eigenvalue weighted by Gasteiger charge is -2.24. The van der Waals surface area contributed by atoms with Crippen LogP contribution in [0.5, 0.6) is 0 Å². The molecule has 5 nitrogen and oxygen atoms in total. The first-order valence-electron chi connectivity index (χ1n) is 7.54. The summed E-state index contributed by atoms with van der Waals surface area (Å²) in [7, 11) is 0. The highest BCUT2D eigenvalue weighted by molar-refractivity contribution is 5.68. The monoisotopic (exact) mass is 291 g/mol. The maximum atomic E-state index is 12.0. The fraction of sp³-hybridized carbons (Fsp3) is 0.625. The Morgan fingerprint density at radius 1 is 1.52 bits per heavy atom. The van der Waals surface area contributed by atoms with Gasteiger partial charge in [0.05, 0.1) is 0 Å². The number of carbonyl (C=O) groups is 1. The summed E-state index contributed by atoms with van der Waals surface area (Å²) in [5.41, 5.74) is 0.801. The largest absolute Gasteiger partial charge is 0.444 e. The van der Waals surface area contributed by atoms with Gasteiger partial charge in [0.15, 0.2) is 0 Å². The average Bonchev–Trinajstić information content (AvgIpc) is 2.87. The van der Waals surface area contributed by atoms with E-state index in [0.29, 0.717) is 6.04 Å². The molecule has 1 saturated heterocycles. The summed E-state index contributed by atoms with van der Waals surface area (Å²) < 4.78 is 5.39. The van der Waals surface area contributed by atoms with E-state index in [9.17, 15) is 4.79 Å². The maximum absolute atomic E-state index is 12.0. The quantitative estimate of drug-likeness (QED) is 0.924. The normalized spacial score (nSPS) is 18.8. The highest BCUT2D eigenvalue weighted by Crippen LogP contribution is 2.15. The van der Waals surface area contributed by atoms with E-state index in [1.165, 1.54) is 5.56 Å². The Labute approximate surface area is 126 Å². The van der Waals surface area contributed by atoms with Gasteiger partial charge in [-0.05, 0) is 51.8 Å². The first-order valence-corrected chi connectivity index (χ1v) is 7.54. The third-order valence-electron chi connectivity index (χ3n) is 3.41. The minimum absolute atomic E-state index is 0.209. The van der Waals surface area contributed by atoms with E-state index in [1.54, 1.807) is 11.1 Å². The Balaban J connectivity index is 1.69. The van der Waals surface area contributed by atoms with E-state index in [1.807, 2.05) is 33.0 Å². The molecule has 0 aliphatic carbocycles. The van der Waals surface area contributed by atoms with Crippen LogP contribution in [0.1, 0.15) is 32.8 Å². The Bertz CT molecular complexity index is 456. The van der Waals surface area contributed by atoms with Gasteiger partial charge in [-0.15, -0.1) is 0 Å². The van der Waals surface area contributed by atoms with Crippen LogP contribution in [0.25, 0.3) is 0 Å². The van der Waals surface area contributed by atoms with Crippen LogP contribution in [0, 0.1) is 0 Å². The Hall–Kier alpha value is -1.62. The van der Waals surface area contributed by atoms with Crippen LogP contribution in [0.4, 0.5) is 4.79 Å². The fourth-order valence-corrected chi connectivity index (χ4v) is 2.39. The van der Waals surface area contributed by atoms with Crippen molar-refractivity contribution in [1.82, 2.24) is 15.2 Å². The zero-order valence-electron chi connectivity index (χ0n) is 13.1. The first kappa shape index (κ1) is 15.8. The third-order valence-corrected chi connectivity index (χ3v) is 3.41. The molecule has 1 atom stereocenters. The molecule has 1 fully saturated rings. The van der Waals surface area contributed by atoms with Gasteiger partial charge in [-0.25, -0.2) is 4.79 Å². The van der Waals surface area contributed by atoms with Crippen molar-refractivity contribution in [3.05, 3.63) is 30.1 Å². The number of carbonyl (C=O) groups excluding carboxylic acids is 1. The van der Waals surface area contributed by atoms with Crippen LogP contribution >= 0.6 is 0 Å². The van der Waals surface area contributed by atoms with Gasteiger partial charge >= 0.3 is 6.09 Å². The van der Waals surface area contributed by atoms with E-state index in [2.05, 4.69) is 16.4 Å². The number of aromatic nitrogens is 1. The Morgan fingerprint density at radius 3 is 3.00 bits per heavy atom. The van der Waals surface area contributed by atoms with Crippen molar-refractivity contribution in [2.75, 3.05) is 19.6 Å². The van der Waals surface area contributed by atoms with Gasteiger partial charge in [-0.3, -0.25) is 4.98 Å². The molecule has 1 aromatic rings. The number of rotatable bonds is 4. The predicted molar refractivity (Wildman–Crippen MR) is 82.2 cm³/mol. The SMILES string of the molecule is CC(C)(C)OC(=O)N1CCC(NCCc2cccnc2)C1. The number of pyridine rings is 1. The van der Waals surface area contributed by atoms with Gasteiger partial charge in [0.1, 0.15) is 5.60 Å². The van der Waals surface area contributed by atoms with Crippen molar-refractivity contribution in [2.24, 2.45) is 0 Å². The molecule has 0 radical (unpaired) electrons. The highest BCUT2D eigenvalue weighted by atomic mass is 16.6. The topological polar surface area (TPSA) is 54.5 Å². The van der Waals surface area contributed by atoms with Crippen LogP contribution in [0.2, 0.25) is 0 Å². The molecule has 21 heavy (non-hydrogen) atoms. The number of hydrogen-bond donors (Lipinski definition) is 1. The van der Waals surface area contributed by atoms with Gasteiger partial charge in [0.2, 0.25) is 0 Å². The van der Waals surface area contributed by atoms with E-state index in [0.717, 1.165) is 32.5 Å². The lowest BCUT2D eigenvalue weighted by atomic mass is 10.2. The van der Waals surface area contributed by atoms with Gasteiger partial charge in [0, 0.05) is 31.5 Å². The summed E-state index contributed by atoms with van der Waals surface area (Å²) in [5.74, 6) is 0. The summed E-state index contributed by atoms with van der Waals surface area (Å²) in [4.78, 5) is 17.9. The summed E-state index contributed by atoms with van der Waals surface area (Å²) in [5, 5.41) is 3.50. The van der Waals surface area contributed by atoms with Crippen LogP contribution in [-0.4, -0.2) is 47.3 Å². The molecule has 1 aromatic heterocycles. The zero-order chi connectivity index (χ0) is 15.3. The molecule has 0 spiro atoms. The van der Waals surface area contributed by atoms with Crippen molar-refractivity contribution in [3.8, 4) is 0 Å². The maximum Gasteiger partial charge on any atom is 0.410 e. The van der Waals surface area contributed by atoms with Crippen molar-refractivity contribution >= 4 is 6.09 Å². The molecule has 116 valence electrons. The number of ether oxygens (including phenoxy) is 1. The number of amides is 1. The molecule has 1 N–H and O–H groups in total. The highest BCUT2D eigenvalue weighted by Gasteiger charge is 2.29. The van der Waals surface area contributed by atoms with E-state index >= 15 is 0 Å². The summed E-state index contributed by atoms with van der Waals surface area (Å²) >= 11 is 0. The van der Waals surface area contributed by atoms with Crippen LogP contribution < -0.4 is 5.32 Å². The third kappa shape index (κ3) is 5.34. The molecule has 1 amide bonds. The predicted octanol–water partition coefficient (Wildman–Crippen LogP) is 2.22. The fourth-order valence-electron chi connectivity index (χ4n) is 2.39. The van der Waals surface area contributed by atoms with Crippen LogP contribution in [0.3, 0.4) is 0 Å². The number of hydrogen-bond acceptors (Lipinski definition) is 4. The Kier molecular flexibility index (Phi) is 5.17. The number of nitrogens with one attached hydrogen (secondary N) is 1. The molecule has 1 aliphatic heterocycles. The summed E-state index contributed by atoms with van der Waals surface area (Å²) in [6, 6.07) is 4.39. The second-order valence-corrected chi connectivity index (χ2v) is 6.48. The second kappa shape index (κ2) is 6.89. The van der Waals surface area contributed by atoms with Crippen LogP contribution in [-0.2, 0) is 11.2 Å². The molecule has 0 bridgehead atoms. The molecule has 0 saturated carbocycles. The molecule has 1 aliphatic rings. The second-order valence-electron chi connectivity index (χ2n) is 6.48. The van der Waals surface area contributed by atoms with Gasteiger partial charge in [-0.1, -0.05) is 6.07 Å². The van der Waals surface area contributed by atoms with E-state index in [4.69, 9.17) is 4.74 Å².